The zero-order valence-electron chi connectivity index (χ0n) is 12.3. The number of benzene rings is 2. The van der Waals surface area contributed by atoms with Crippen molar-refractivity contribution in [2.75, 3.05) is 7.11 Å². The Labute approximate surface area is 123 Å². The average molecular weight is 287 g/mol. The zero-order valence-corrected chi connectivity index (χ0v) is 12.3. The number of aryl methyl sites for hydroxylation is 1. The molecule has 0 heterocycles. The lowest BCUT2D eigenvalue weighted by molar-refractivity contribution is 0.0939. The number of amides is 1. The molecule has 0 radical (unpaired) electrons. The summed E-state index contributed by atoms with van der Waals surface area (Å²) in [5.41, 5.74) is 2.43. The van der Waals surface area contributed by atoms with Crippen molar-refractivity contribution in [2.45, 2.75) is 19.9 Å². The van der Waals surface area contributed by atoms with Crippen LogP contribution in [0.3, 0.4) is 0 Å². The van der Waals surface area contributed by atoms with Gasteiger partial charge in [0.05, 0.1) is 13.2 Å². The van der Waals surface area contributed by atoms with E-state index in [0.717, 1.165) is 11.1 Å². The number of halogens is 1. The molecule has 110 valence electrons. The Hall–Kier alpha value is -2.36. The van der Waals surface area contributed by atoms with Crippen molar-refractivity contribution < 1.29 is 13.9 Å². The molecular weight excluding hydrogens is 269 g/mol. The first kappa shape index (κ1) is 15.0. The van der Waals surface area contributed by atoms with Crippen LogP contribution in [0.15, 0.2) is 42.5 Å². The van der Waals surface area contributed by atoms with E-state index in [2.05, 4.69) is 5.32 Å². The van der Waals surface area contributed by atoms with Gasteiger partial charge < -0.3 is 10.1 Å². The molecule has 3 nitrogen and oxygen atoms in total. The molecule has 2 aromatic rings. The lowest BCUT2D eigenvalue weighted by atomic mass is 10.1. The van der Waals surface area contributed by atoms with Gasteiger partial charge in [0.15, 0.2) is 11.6 Å². The van der Waals surface area contributed by atoms with Crippen LogP contribution in [0.25, 0.3) is 0 Å². The average Bonchev–Trinajstić information content (AvgIpc) is 2.47. The maximum Gasteiger partial charge on any atom is 0.251 e. The van der Waals surface area contributed by atoms with Crippen molar-refractivity contribution in [1.82, 2.24) is 5.32 Å². The summed E-state index contributed by atoms with van der Waals surface area (Å²) in [6.45, 7) is 3.90. The molecular formula is C17H18FNO2. The topological polar surface area (TPSA) is 38.3 Å². The Bertz CT molecular complexity index is 638. The first-order valence-corrected chi connectivity index (χ1v) is 6.72. The van der Waals surface area contributed by atoms with Crippen LogP contribution in [0, 0.1) is 12.7 Å². The molecule has 0 saturated carbocycles. The molecule has 2 aromatic carbocycles. The minimum atomic E-state index is -0.548. The number of ether oxygens (including phenoxy) is 1. The number of nitrogens with one attached hydrogen (secondary N) is 1. The van der Waals surface area contributed by atoms with Gasteiger partial charge in [-0.3, -0.25) is 4.79 Å². The second kappa shape index (κ2) is 6.39. The summed E-state index contributed by atoms with van der Waals surface area (Å²) in [4.78, 5) is 12.1. The largest absolute Gasteiger partial charge is 0.494 e. The van der Waals surface area contributed by atoms with E-state index >= 15 is 0 Å². The van der Waals surface area contributed by atoms with Crippen LogP contribution in [-0.2, 0) is 0 Å². The van der Waals surface area contributed by atoms with Gasteiger partial charge in [0.25, 0.3) is 5.91 Å². The van der Waals surface area contributed by atoms with Gasteiger partial charge in [0.2, 0.25) is 0 Å². The molecule has 0 saturated heterocycles. The second-order valence-corrected chi connectivity index (χ2v) is 4.96. The highest BCUT2D eigenvalue weighted by molar-refractivity contribution is 5.94. The number of rotatable bonds is 4. The quantitative estimate of drug-likeness (QED) is 0.932. The zero-order chi connectivity index (χ0) is 15.4. The summed E-state index contributed by atoms with van der Waals surface area (Å²) >= 11 is 0. The predicted octanol–water partition coefficient (Wildman–Crippen LogP) is 3.63. The minimum absolute atomic E-state index is 0.123. The van der Waals surface area contributed by atoms with Gasteiger partial charge in [-0.2, -0.15) is 0 Å². The highest BCUT2D eigenvalue weighted by atomic mass is 19.1. The summed E-state index contributed by atoms with van der Waals surface area (Å²) in [5.74, 6) is -0.740. The molecule has 4 heteroatoms. The number of methoxy groups -OCH3 is 1. The molecule has 1 N–H and O–H groups in total. The highest BCUT2D eigenvalue weighted by Gasteiger charge is 2.13. The van der Waals surface area contributed by atoms with Crippen LogP contribution in [0.4, 0.5) is 4.39 Å². The number of hydrogen-bond acceptors (Lipinski definition) is 2. The SMILES string of the molecule is COc1ccc(C(=O)N[C@@H](C)c2ccc(C)cc2)cc1F. The van der Waals surface area contributed by atoms with Crippen LogP contribution in [0.1, 0.15) is 34.5 Å². The third kappa shape index (κ3) is 3.60. The van der Waals surface area contributed by atoms with Crippen molar-refractivity contribution in [1.29, 1.82) is 0 Å². The van der Waals surface area contributed by atoms with Crippen molar-refractivity contribution >= 4 is 5.91 Å². The summed E-state index contributed by atoms with van der Waals surface area (Å²) in [7, 11) is 1.39. The molecule has 0 bridgehead atoms. The van der Waals surface area contributed by atoms with Crippen molar-refractivity contribution in [3.8, 4) is 5.75 Å². The number of carbonyl (C=O) groups is 1. The molecule has 0 aliphatic carbocycles. The van der Waals surface area contributed by atoms with Crippen LogP contribution in [-0.4, -0.2) is 13.0 Å². The van der Waals surface area contributed by atoms with E-state index in [0.29, 0.717) is 0 Å². The van der Waals surface area contributed by atoms with Crippen LogP contribution in [0.5, 0.6) is 5.75 Å². The number of carbonyl (C=O) groups excluding carboxylic acids is 1. The van der Waals surface area contributed by atoms with E-state index < -0.39 is 5.82 Å². The van der Waals surface area contributed by atoms with E-state index in [1.54, 1.807) is 6.07 Å². The Morgan fingerprint density at radius 2 is 1.86 bits per heavy atom. The van der Waals surface area contributed by atoms with Crippen molar-refractivity contribution in [3.63, 3.8) is 0 Å². The molecule has 0 aliphatic rings. The second-order valence-electron chi connectivity index (χ2n) is 4.96. The summed E-state index contributed by atoms with van der Waals surface area (Å²) in [6.07, 6.45) is 0. The van der Waals surface area contributed by atoms with Crippen LogP contribution < -0.4 is 10.1 Å². The van der Waals surface area contributed by atoms with Gasteiger partial charge in [-0.25, -0.2) is 4.39 Å². The molecule has 1 atom stereocenters. The van der Waals surface area contributed by atoms with E-state index in [-0.39, 0.29) is 23.3 Å². The lowest BCUT2D eigenvalue weighted by Crippen LogP contribution is -2.26. The summed E-state index contributed by atoms with van der Waals surface area (Å²) < 4.78 is 18.4. The fourth-order valence-electron chi connectivity index (χ4n) is 2.03. The molecule has 0 spiro atoms. The lowest BCUT2D eigenvalue weighted by Gasteiger charge is -2.15. The van der Waals surface area contributed by atoms with Crippen LogP contribution >= 0.6 is 0 Å². The Balaban J connectivity index is 2.10. The Morgan fingerprint density at radius 1 is 1.19 bits per heavy atom. The first-order valence-electron chi connectivity index (χ1n) is 6.72. The molecule has 0 aromatic heterocycles. The fraction of sp³-hybridized carbons (Fsp3) is 0.235. The first-order chi connectivity index (χ1) is 10.0. The van der Waals surface area contributed by atoms with Gasteiger partial charge in [-0.05, 0) is 37.6 Å². The highest BCUT2D eigenvalue weighted by Crippen LogP contribution is 2.19. The van der Waals surface area contributed by atoms with Gasteiger partial charge >= 0.3 is 0 Å². The summed E-state index contributed by atoms with van der Waals surface area (Å²) in [6, 6.07) is 11.9. The molecule has 21 heavy (non-hydrogen) atoms. The van der Waals surface area contributed by atoms with Gasteiger partial charge in [-0.1, -0.05) is 29.8 Å². The maximum atomic E-state index is 13.6. The molecule has 1 amide bonds. The van der Waals surface area contributed by atoms with Crippen molar-refractivity contribution in [3.05, 3.63) is 65.0 Å². The third-order valence-electron chi connectivity index (χ3n) is 3.34. The minimum Gasteiger partial charge on any atom is -0.494 e. The molecule has 0 aliphatic heterocycles. The monoisotopic (exact) mass is 287 g/mol. The van der Waals surface area contributed by atoms with Crippen molar-refractivity contribution in [2.24, 2.45) is 0 Å². The Kier molecular flexibility index (Phi) is 4.58. The van der Waals surface area contributed by atoms with Gasteiger partial charge in [0.1, 0.15) is 0 Å². The fourth-order valence-corrected chi connectivity index (χ4v) is 2.03. The molecule has 2 rings (SSSR count). The smallest absolute Gasteiger partial charge is 0.251 e. The normalized spacial score (nSPS) is 11.8. The molecule has 0 fully saturated rings. The van der Waals surface area contributed by atoms with E-state index in [4.69, 9.17) is 4.74 Å². The van der Waals surface area contributed by atoms with Gasteiger partial charge in [-0.15, -0.1) is 0 Å². The summed E-state index contributed by atoms with van der Waals surface area (Å²) in [5, 5.41) is 2.85. The number of hydrogen-bond donors (Lipinski definition) is 1. The van der Waals surface area contributed by atoms with E-state index in [9.17, 15) is 9.18 Å². The van der Waals surface area contributed by atoms with E-state index in [1.165, 1.54) is 19.2 Å². The predicted molar refractivity (Wildman–Crippen MR) is 80.0 cm³/mol. The van der Waals surface area contributed by atoms with Crippen LogP contribution in [0.2, 0.25) is 0 Å². The van der Waals surface area contributed by atoms with E-state index in [1.807, 2.05) is 38.1 Å². The Morgan fingerprint density at radius 3 is 2.43 bits per heavy atom. The third-order valence-corrected chi connectivity index (χ3v) is 3.34. The molecule has 0 unspecified atom stereocenters. The van der Waals surface area contributed by atoms with Gasteiger partial charge in [0, 0.05) is 5.56 Å². The standard InChI is InChI=1S/C17H18FNO2/c1-11-4-6-13(7-5-11)12(2)19-17(20)14-8-9-16(21-3)15(18)10-14/h4-10,12H,1-3H3,(H,19,20)/t12-/m0/s1. The maximum absolute atomic E-state index is 13.6.